The van der Waals surface area contributed by atoms with Crippen molar-refractivity contribution in [1.82, 2.24) is 10.2 Å². The Kier molecular flexibility index (Phi) is 7.67. The van der Waals surface area contributed by atoms with Gasteiger partial charge in [-0.1, -0.05) is 26.7 Å². The predicted molar refractivity (Wildman–Crippen MR) is 87.6 cm³/mol. The normalized spacial score (nSPS) is 27.2. The van der Waals surface area contributed by atoms with E-state index in [0.29, 0.717) is 6.04 Å². The van der Waals surface area contributed by atoms with E-state index in [1.165, 1.54) is 12.8 Å². The number of carboxylic acid groups (broad SMARTS) is 1. The van der Waals surface area contributed by atoms with Gasteiger partial charge in [0.05, 0.1) is 0 Å². The number of aliphatic carboxylic acids is 1. The summed E-state index contributed by atoms with van der Waals surface area (Å²) in [6.45, 7) is 8.90. The SMILES string of the molecule is CCCCN(CCC1CCCC1(NC)C(=O)O)C(C)CC. The lowest BCUT2D eigenvalue weighted by atomic mass is 9.84. The monoisotopic (exact) mass is 298 g/mol. The van der Waals surface area contributed by atoms with Crippen LogP contribution in [-0.2, 0) is 4.79 Å². The molecule has 0 spiro atoms. The fraction of sp³-hybridized carbons (Fsp3) is 0.941. The molecule has 0 heterocycles. The molecule has 0 radical (unpaired) electrons. The lowest BCUT2D eigenvalue weighted by Gasteiger charge is -2.34. The molecule has 4 nitrogen and oxygen atoms in total. The van der Waals surface area contributed by atoms with Crippen molar-refractivity contribution in [2.24, 2.45) is 5.92 Å². The summed E-state index contributed by atoms with van der Waals surface area (Å²) in [6.07, 6.45) is 7.41. The quantitative estimate of drug-likeness (QED) is 0.650. The average Bonchev–Trinajstić information content (AvgIpc) is 2.90. The number of nitrogens with one attached hydrogen (secondary N) is 1. The van der Waals surface area contributed by atoms with Crippen molar-refractivity contribution in [3.63, 3.8) is 0 Å². The summed E-state index contributed by atoms with van der Waals surface area (Å²) in [4.78, 5) is 14.2. The van der Waals surface area contributed by atoms with E-state index in [-0.39, 0.29) is 5.92 Å². The molecule has 1 saturated carbocycles. The number of hydrogen-bond donors (Lipinski definition) is 2. The van der Waals surface area contributed by atoms with Gasteiger partial charge in [0.15, 0.2) is 0 Å². The highest BCUT2D eigenvalue weighted by molar-refractivity contribution is 5.79. The van der Waals surface area contributed by atoms with E-state index in [0.717, 1.165) is 45.2 Å². The van der Waals surface area contributed by atoms with Gasteiger partial charge in [-0.25, -0.2) is 0 Å². The van der Waals surface area contributed by atoms with Gasteiger partial charge in [0.1, 0.15) is 5.54 Å². The Bertz CT molecular complexity index is 322. The number of hydrogen-bond acceptors (Lipinski definition) is 3. The van der Waals surface area contributed by atoms with Crippen molar-refractivity contribution >= 4 is 5.97 Å². The van der Waals surface area contributed by atoms with Gasteiger partial charge in [0.25, 0.3) is 0 Å². The Morgan fingerprint density at radius 1 is 1.43 bits per heavy atom. The summed E-state index contributed by atoms with van der Waals surface area (Å²) >= 11 is 0. The lowest BCUT2D eigenvalue weighted by Crippen LogP contribution is -2.53. The van der Waals surface area contributed by atoms with Gasteiger partial charge < -0.3 is 15.3 Å². The minimum absolute atomic E-state index is 0.258. The second kappa shape index (κ2) is 8.74. The summed E-state index contributed by atoms with van der Waals surface area (Å²) < 4.78 is 0. The van der Waals surface area contributed by atoms with Crippen LogP contribution in [0.3, 0.4) is 0 Å². The van der Waals surface area contributed by atoms with Crippen LogP contribution in [0.4, 0.5) is 0 Å². The Balaban J connectivity index is 2.63. The molecule has 0 aromatic heterocycles. The summed E-state index contributed by atoms with van der Waals surface area (Å²) in [5, 5.41) is 12.7. The van der Waals surface area contributed by atoms with Crippen LogP contribution in [0.1, 0.15) is 65.7 Å². The molecular weight excluding hydrogens is 264 g/mol. The molecule has 1 aliphatic carbocycles. The third-order valence-corrected chi connectivity index (χ3v) is 5.43. The topological polar surface area (TPSA) is 52.6 Å². The van der Waals surface area contributed by atoms with Crippen LogP contribution in [0.15, 0.2) is 0 Å². The van der Waals surface area contributed by atoms with Gasteiger partial charge in [-0.05, 0) is 65.1 Å². The predicted octanol–water partition coefficient (Wildman–Crippen LogP) is 3.12. The first kappa shape index (κ1) is 18.4. The molecule has 124 valence electrons. The molecule has 1 fully saturated rings. The van der Waals surface area contributed by atoms with Crippen LogP contribution in [0, 0.1) is 5.92 Å². The van der Waals surface area contributed by atoms with Crippen molar-refractivity contribution in [3.05, 3.63) is 0 Å². The molecule has 1 aliphatic rings. The largest absolute Gasteiger partial charge is 0.480 e. The molecule has 3 unspecified atom stereocenters. The first-order valence-corrected chi connectivity index (χ1v) is 8.68. The number of carbonyl (C=O) groups is 1. The number of nitrogens with zero attached hydrogens (tertiary/aromatic N) is 1. The fourth-order valence-corrected chi connectivity index (χ4v) is 3.68. The zero-order chi connectivity index (χ0) is 15.9. The van der Waals surface area contributed by atoms with Gasteiger partial charge >= 0.3 is 5.97 Å². The highest BCUT2D eigenvalue weighted by Gasteiger charge is 2.47. The Labute approximate surface area is 130 Å². The third kappa shape index (κ3) is 4.43. The summed E-state index contributed by atoms with van der Waals surface area (Å²) in [6, 6.07) is 0.590. The van der Waals surface area contributed by atoms with Crippen molar-refractivity contribution in [2.45, 2.75) is 77.3 Å². The van der Waals surface area contributed by atoms with Crippen molar-refractivity contribution in [2.75, 3.05) is 20.1 Å². The minimum Gasteiger partial charge on any atom is -0.480 e. The summed E-state index contributed by atoms with van der Waals surface area (Å²) in [5.41, 5.74) is -0.689. The van der Waals surface area contributed by atoms with Gasteiger partial charge in [-0.2, -0.15) is 0 Å². The first-order chi connectivity index (χ1) is 10.0. The van der Waals surface area contributed by atoms with Crippen LogP contribution >= 0.6 is 0 Å². The van der Waals surface area contributed by atoms with Gasteiger partial charge in [-0.3, -0.25) is 4.79 Å². The van der Waals surface area contributed by atoms with E-state index < -0.39 is 11.5 Å². The number of likely N-dealkylation sites (N-methyl/N-ethyl adjacent to an activating group) is 1. The van der Waals surface area contributed by atoms with Crippen LogP contribution < -0.4 is 5.32 Å². The van der Waals surface area contributed by atoms with Gasteiger partial charge in [0, 0.05) is 6.04 Å². The van der Waals surface area contributed by atoms with E-state index in [9.17, 15) is 9.90 Å². The van der Waals surface area contributed by atoms with Crippen LogP contribution in [0.25, 0.3) is 0 Å². The standard InChI is InChI=1S/C17H34N2O2/c1-5-7-12-19(14(3)6-2)13-10-15-9-8-11-17(15,18-4)16(20)21/h14-15,18H,5-13H2,1-4H3,(H,20,21). The van der Waals surface area contributed by atoms with Crippen LogP contribution in [-0.4, -0.2) is 47.7 Å². The Morgan fingerprint density at radius 3 is 2.67 bits per heavy atom. The van der Waals surface area contributed by atoms with E-state index in [1.807, 2.05) is 0 Å². The number of rotatable bonds is 10. The van der Waals surface area contributed by atoms with Crippen molar-refractivity contribution in [1.29, 1.82) is 0 Å². The molecule has 2 N–H and O–H groups in total. The second-order valence-corrected chi connectivity index (χ2v) is 6.55. The highest BCUT2D eigenvalue weighted by atomic mass is 16.4. The molecule has 0 aromatic rings. The van der Waals surface area contributed by atoms with E-state index >= 15 is 0 Å². The fourth-order valence-electron chi connectivity index (χ4n) is 3.68. The highest BCUT2D eigenvalue weighted by Crippen LogP contribution is 2.38. The summed E-state index contributed by atoms with van der Waals surface area (Å²) in [7, 11) is 1.80. The molecular formula is C17H34N2O2. The third-order valence-electron chi connectivity index (χ3n) is 5.43. The molecule has 1 rings (SSSR count). The molecule has 21 heavy (non-hydrogen) atoms. The molecule has 0 bridgehead atoms. The summed E-state index contributed by atoms with van der Waals surface area (Å²) in [5.74, 6) is -0.413. The molecule has 0 aromatic carbocycles. The van der Waals surface area contributed by atoms with E-state index in [2.05, 4.69) is 31.0 Å². The van der Waals surface area contributed by atoms with Crippen molar-refractivity contribution in [3.8, 4) is 0 Å². The molecule has 4 heteroatoms. The zero-order valence-electron chi connectivity index (χ0n) is 14.3. The van der Waals surface area contributed by atoms with Crippen LogP contribution in [0.5, 0.6) is 0 Å². The van der Waals surface area contributed by atoms with Gasteiger partial charge in [-0.15, -0.1) is 0 Å². The molecule has 0 saturated heterocycles. The zero-order valence-corrected chi connectivity index (χ0v) is 14.3. The van der Waals surface area contributed by atoms with E-state index in [1.54, 1.807) is 7.05 Å². The average molecular weight is 298 g/mol. The van der Waals surface area contributed by atoms with Crippen LogP contribution in [0.2, 0.25) is 0 Å². The molecule has 3 atom stereocenters. The maximum Gasteiger partial charge on any atom is 0.324 e. The number of unbranched alkanes of at least 4 members (excludes halogenated alkanes) is 1. The minimum atomic E-state index is -0.689. The lowest BCUT2D eigenvalue weighted by molar-refractivity contribution is -0.146. The smallest absolute Gasteiger partial charge is 0.324 e. The Morgan fingerprint density at radius 2 is 2.14 bits per heavy atom. The van der Waals surface area contributed by atoms with Crippen molar-refractivity contribution < 1.29 is 9.90 Å². The molecule has 0 amide bonds. The maximum atomic E-state index is 11.7. The molecule has 0 aliphatic heterocycles. The van der Waals surface area contributed by atoms with Gasteiger partial charge in [0.2, 0.25) is 0 Å². The number of carboxylic acids is 1. The first-order valence-electron chi connectivity index (χ1n) is 8.68. The van der Waals surface area contributed by atoms with E-state index in [4.69, 9.17) is 0 Å². The second-order valence-electron chi connectivity index (χ2n) is 6.55. The maximum absolute atomic E-state index is 11.7. The Hall–Kier alpha value is -0.610.